The SMILES string of the molecule is CCCCNC(=O)/C(C#N)=C/c1ccc(OC(=O)CCCCCN2C(=O)c3ccccc3C2=O)cc1. The lowest BCUT2D eigenvalue weighted by molar-refractivity contribution is -0.134. The Morgan fingerprint density at radius 2 is 1.64 bits per heavy atom. The molecule has 0 saturated heterocycles. The third kappa shape index (κ3) is 6.89. The maximum absolute atomic E-state index is 12.4. The van der Waals surface area contributed by atoms with Gasteiger partial charge in [0.25, 0.3) is 17.7 Å². The number of carbonyl (C=O) groups excluding carboxylic acids is 4. The number of imide groups is 1. The van der Waals surface area contributed by atoms with E-state index in [2.05, 4.69) is 5.32 Å². The lowest BCUT2D eigenvalue weighted by Crippen LogP contribution is -2.30. The second kappa shape index (κ2) is 13.0. The molecule has 1 aliphatic heterocycles. The minimum absolute atomic E-state index is 0.0112. The van der Waals surface area contributed by atoms with Gasteiger partial charge in [-0.05, 0) is 55.2 Å². The second-order valence-electron chi connectivity index (χ2n) is 8.44. The number of ether oxygens (including phenoxy) is 1. The highest BCUT2D eigenvalue weighted by atomic mass is 16.5. The van der Waals surface area contributed by atoms with E-state index in [0.717, 1.165) is 12.8 Å². The van der Waals surface area contributed by atoms with Crippen LogP contribution in [0, 0.1) is 11.3 Å². The standard InChI is InChI=1S/C28H29N3O5/c1-2-3-16-30-26(33)21(19-29)18-20-12-14-22(15-13-20)36-25(32)11-5-4-8-17-31-27(34)23-9-6-7-10-24(23)28(31)35/h6-7,9-10,12-15,18H,2-5,8,11,16-17H2,1H3,(H,30,33)/b21-18+. The van der Waals surface area contributed by atoms with E-state index >= 15 is 0 Å². The maximum Gasteiger partial charge on any atom is 0.311 e. The predicted molar refractivity (Wildman–Crippen MR) is 134 cm³/mol. The van der Waals surface area contributed by atoms with Crippen LogP contribution in [-0.2, 0) is 9.59 Å². The fraction of sp³-hybridized carbons (Fsp3) is 0.321. The topological polar surface area (TPSA) is 117 Å². The summed E-state index contributed by atoms with van der Waals surface area (Å²) in [5.74, 6) is -0.967. The molecule has 1 aliphatic rings. The Hall–Kier alpha value is -4.25. The highest BCUT2D eigenvalue weighted by Crippen LogP contribution is 2.23. The van der Waals surface area contributed by atoms with Crippen LogP contribution in [0.1, 0.15) is 71.7 Å². The first-order valence-electron chi connectivity index (χ1n) is 12.1. The number of nitrogens with zero attached hydrogens (tertiary/aromatic N) is 2. The third-order valence-corrected chi connectivity index (χ3v) is 5.74. The van der Waals surface area contributed by atoms with Gasteiger partial charge in [0, 0.05) is 19.5 Å². The normalized spacial score (nSPS) is 12.8. The number of nitrogens with one attached hydrogen (secondary N) is 1. The van der Waals surface area contributed by atoms with Crippen molar-refractivity contribution >= 4 is 29.8 Å². The molecule has 186 valence electrons. The monoisotopic (exact) mass is 487 g/mol. The summed E-state index contributed by atoms with van der Waals surface area (Å²) >= 11 is 0. The molecule has 0 atom stereocenters. The minimum Gasteiger partial charge on any atom is -0.427 e. The van der Waals surface area contributed by atoms with Crippen LogP contribution in [0.3, 0.4) is 0 Å². The molecule has 0 bridgehead atoms. The molecule has 8 heteroatoms. The van der Waals surface area contributed by atoms with Gasteiger partial charge in [-0.3, -0.25) is 24.1 Å². The van der Waals surface area contributed by atoms with Crippen molar-refractivity contribution in [2.24, 2.45) is 0 Å². The number of rotatable bonds is 12. The first-order valence-corrected chi connectivity index (χ1v) is 12.1. The molecular weight excluding hydrogens is 458 g/mol. The van der Waals surface area contributed by atoms with Crippen molar-refractivity contribution in [2.45, 2.75) is 45.4 Å². The first-order chi connectivity index (χ1) is 17.4. The number of hydrogen-bond donors (Lipinski definition) is 1. The van der Waals surface area contributed by atoms with Crippen molar-refractivity contribution in [1.29, 1.82) is 5.26 Å². The molecular formula is C28H29N3O5. The zero-order valence-electron chi connectivity index (χ0n) is 20.3. The van der Waals surface area contributed by atoms with Crippen LogP contribution in [0.2, 0.25) is 0 Å². The Balaban J connectivity index is 1.39. The zero-order chi connectivity index (χ0) is 25.9. The van der Waals surface area contributed by atoms with Crippen LogP contribution < -0.4 is 10.1 Å². The summed E-state index contributed by atoms with van der Waals surface area (Å²) in [6, 6.07) is 15.2. The summed E-state index contributed by atoms with van der Waals surface area (Å²) in [5.41, 5.74) is 1.53. The van der Waals surface area contributed by atoms with Crippen molar-refractivity contribution in [3.05, 3.63) is 70.8 Å². The van der Waals surface area contributed by atoms with Gasteiger partial charge in [0.05, 0.1) is 11.1 Å². The average Bonchev–Trinajstić information content (AvgIpc) is 3.13. The number of hydrogen-bond acceptors (Lipinski definition) is 6. The molecule has 2 aromatic carbocycles. The summed E-state index contributed by atoms with van der Waals surface area (Å²) in [4.78, 5) is 50.2. The lowest BCUT2D eigenvalue weighted by Gasteiger charge is -2.13. The van der Waals surface area contributed by atoms with Gasteiger partial charge in [-0.25, -0.2) is 0 Å². The largest absolute Gasteiger partial charge is 0.427 e. The fourth-order valence-electron chi connectivity index (χ4n) is 3.76. The van der Waals surface area contributed by atoms with Crippen molar-refractivity contribution < 1.29 is 23.9 Å². The number of amides is 3. The van der Waals surface area contributed by atoms with E-state index in [0.29, 0.717) is 54.8 Å². The van der Waals surface area contributed by atoms with Gasteiger partial charge in [-0.2, -0.15) is 5.26 Å². The number of esters is 1. The highest BCUT2D eigenvalue weighted by Gasteiger charge is 2.34. The van der Waals surface area contributed by atoms with Gasteiger partial charge in [-0.1, -0.05) is 44.0 Å². The summed E-state index contributed by atoms with van der Waals surface area (Å²) < 4.78 is 5.35. The van der Waals surface area contributed by atoms with Gasteiger partial charge in [-0.15, -0.1) is 0 Å². The van der Waals surface area contributed by atoms with E-state index in [9.17, 15) is 24.4 Å². The van der Waals surface area contributed by atoms with Crippen molar-refractivity contribution in [3.8, 4) is 11.8 Å². The Kier molecular flexibility index (Phi) is 9.52. The predicted octanol–water partition coefficient (Wildman–Crippen LogP) is 4.27. The van der Waals surface area contributed by atoms with Crippen LogP contribution in [0.4, 0.5) is 0 Å². The van der Waals surface area contributed by atoms with Gasteiger partial charge < -0.3 is 10.1 Å². The molecule has 0 saturated carbocycles. The number of fused-ring (bicyclic) bond motifs is 1. The molecule has 3 amide bonds. The van der Waals surface area contributed by atoms with Crippen LogP contribution in [-0.4, -0.2) is 41.7 Å². The molecule has 0 unspecified atom stereocenters. The number of unbranched alkanes of at least 4 members (excludes halogenated alkanes) is 3. The molecule has 0 radical (unpaired) electrons. The highest BCUT2D eigenvalue weighted by molar-refractivity contribution is 6.21. The van der Waals surface area contributed by atoms with E-state index in [1.807, 2.05) is 13.0 Å². The average molecular weight is 488 g/mol. The Morgan fingerprint density at radius 3 is 2.25 bits per heavy atom. The van der Waals surface area contributed by atoms with E-state index < -0.39 is 5.91 Å². The Morgan fingerprint density at radius 1 is 0.972 bits per heavy atom. The molecule has 1 heterocycles. The minimum atomic E-state index is -0.413. The molecule has 0 aliphatic carbocycles. The fourth-order valence-corrected chi connectivity index (χ4v) is 3.76. The van der Waals surface area contributed by atoms with Crippen molar-refractivity contribution in [3.63, 3.8) is 0 Å². The van der Waals surface area contributed by atoms with Crippen molar-refractivity contribution in [2.75, 3.05) is 13.1 Å². The molecule has 2 aromatic rings. The lowest BCUT2D eigenvalue weighted by atomic mass is 10.1. The number of nitriles is 1. The van der Waals surface area contributed by atoms with Gasteiger partial charge >= 0.3 is 5.97 Å². The first kappa shape index (κ1) is 26.4. The summed E-state index contributed by atoms with van der Waals surface area (Å²) in [7, 11) is 0. The zero-order valence-corrected chi connectivity index (χ0v) is 20.3. The van der Waals surface area contributed by atoms with E-state index in [1.54, 1.807) is 48.5 Å². The van der Waals surface area contributed by atoms with Gasteiger partial charge in [0.15, 0.2) is 0 Å². The Bertz CT molecular complexity index is 1160. The van der Waals surface area contributed by atoms with Crippen molar-refractivity contribution in [1.82, 2.24) is 10.2 Å². The molecule has 0 spiro atoms. The molecule has 3 rings (SSSR count). The Labute approximate surface area is 210 Å². The molecule has 1 N–H and O–H groups in total. The van der Waals surface area contributed by atoms with E-state index in [-0.39, 0.29) is 29.8 Å². The van der Waals surface area contributed by atoms with E-state index in [4.69, 9.17) is 4.74 Å². The number of benzene rings is 2. The summed E-state index contributed by atoms with van der Waals surface area (Å²) in [6.07, 6.45) is 5.33. The smallest absolute Gasteiger partial charge is 0.311 e. The molecule has 0 fully saturated rings. The molecule has 0 aromatic heterocycles. The quantitative estimate of drug-likeness (QED) is 0.119. The maximum atomic E-state index is 12.4. The molecule has 8 nitrogen and oxygen atoms in total. The summed E-state index contributed by atoms with van der Waals surface area (Å²) in [5, 5.41) is 12.0. The second-order valence-corrected chi connectivity index (χ2v) is 8.44. The number of carbonyl (C=O) groups is 4. The molecule has 36 heavy (non-hydrogen) atoms. The van der Waals surface area contributed by atoms with E-state index in [1.165, 1.54) is 11.0 Å². The van der Waals surface area contributed by atoms with Crippen LogP contribution >= 0.6 is 0 Å². The third-order valence-electron chi connectivity index (χ3n) is 5.74. The van der Waals surface area contributed by atoms with Crippen LogP contribution in [0.5, 0.6) is 5.75 Å². The van der Waals surface area contributed by atoms with Gasteiger partial charge in [0.2, 0.25) is 0 Å². The summed E-state index contributed by atoms with van der Waals surface area (Å²) in [6.45, 7) is 2.85. The van der Waals surface area contributed by atoms with Crippen LogP contribution in [0.15, 0.2) is 54.1 Å². The van der Waals surface area contributed by atoms with Gasteiger partial charge in [0.1, 0.15) is 17.4 Å². The van der Waals surface area contributed by atoms with Crippen LogP contribution in [0.25, 0.3) is 6.08 Å².